The van der Waals surface area contributed by atoms with Gasteiger partial charge in [-0.15, -0.1) is 0 Å². The molecular formula is C11H18AgO4. The van der Waals surface area contributed by atoms with Crippen molar-refractivity contribution in [3.8, 4) is 0 Å². The maximum atomic E-state index is 11.5. The quantitative estimate of drug-likeness (QED) is 0.454. The van der Waals surface area contributed by atoms with E-state index in [2.05, 4.69) is 0 Å². The topological polar surface area (TPSA) is 63.6 Å². The van der Waals surface area contributed by atoms with Crippen molar-refractivity contribution in [2.24, 2.45) is 11.3 Å². The molecule has 0 aromatic carbocycles. The minimum atomic E-state index is -0.250. The van der Waals surface area contributed by atoms with Crippen molar-refractivity contribution in [1.82, 2.24) is 0 Å². The van der Waals surface area contributed by atoms with Crippen LogP contribution in [0.2, 0.25) is 0 Å². The van der Waals surface area contributed by atoms with E-state index >= 15 is 0 Å². The maximum Gasteiger partial charge on any atom is 0.311 e. The molecule has 3 aliphatic rings. The molecule has 3 aliphatic carbocycles. The Morgan fingerprint density at radius 3 is 2.00 bits per heavy atom. The molecule has 0 saturated heterocycles. The number of rotatable bonds is 1. The van der Waals surface area contributed by atoms with Gasteiger partial charge in [0.25, 0.3) is 6.47 Å². The number of carbonyl (C=O) groups excluding carboxylic acids is 1. The Hall–Kier alpha value is -0.320. The van der Waals surface area contributed by atoms with Crippen molar-refractivity contribution >= 4 is 12.4 Å². The Balaban J connectivity index is 0.000000511. The van der Waals surface area contributed by atoms with Crippen LogP contribution < -0.4 is 0 Å². The normalized spacial score (nSPS) is 30.4. The Kier molecular flexibility index (Phi) is 6.95. The van der Waals surface area contributed by atoms with Gasteiger partial charge in [-0.25, -0.2) is 0 Å². The van der Waals surface area contributed by atoms with Crippen LogP contribution in [0.4, 0.5) is 0 Å². The van der Waals surface area contributed by atoms with Crippen molar-refractivity contribution in [2.45, 2.75) is 38.5 Å². The third-order valence-electron chi connectivity index (χ3n) is 3.71. The predicted molar refractivity (Wildman–Crippen MR) is 54.3 cm³/mol. The Labute approximate surface area is 111 Å². The zero-order valence-electron chi connectivity index (χ0n) is 9.37. The van der Waals surface area contributed by atoms with Gasteiger partial charge in [-0.2, -0.15) is 0 Å². The van der Waals surface area contributed by atoms with Crippen LogP contribution in [0, 0.1) is 11.3 Å². The predicted octanol–water partition coefficient (Wildman–Crippen LogP) is 1.83. The summed E-state index contributed by atoms with van der Waals surface area (Å²) in [6.45, 7) is -0.250. The first-order valence-corrected chi connectivity index (χ1v) is 5.35. The summed E-state index contributed by atoms with van der Waals surface area (Å²) in [5, 5.41) is 6.89. The molecule has 0 aromatic rings. The number of carboxylic acid groups (broad SMARTS) is 1. The molecule has 0 amide bonds. The zero-order valence-corrected chi connectivity index (χ0v) is 10.9. The molecule has 1 N–H and O–H groups in total. The van der Waals surface area contributed by atoms with Crippen molar-refractivity contribution in [3.05, 3.63) is 0 Å². The van der Waals surface area contributed by atoms with Gasteiger partial charge in [-0.3, -0.25) is 9.59 Å². The third kappa shape index (κ3) is 3.34. The number of hydrogen-bond donors (Lipinski definition) is 1. The van der Waals surface area contributed by atoms with Crippen molar-refractivity contribution in [2.75, 3.05) is 7.11 Å². The van der Waals surface area contributed by atoms with E-state index in [9.17, 15) is 4.79 Å². The van der Waals surface area contributed by atoms with Gasteiger partial charge in [0, 0.05) is 22.4 Å². The van der Waals surface area contributed by atoms with E-state index in [4.69, 9.17) is 14.6 Å². The fourth-order valence-electron chi connectivity index (χ4n) is 2.77. The van der Waals surface area contributed by atoms with Gasteiger partial charge in [0.1, 0.15) is 0 Å². The Morgan fingerprint density at radius 2 is 1.69 bits per heavy atom. The van der Waals surface area contributed by atoms with Crippen LogP contribution in [0.15, 0.2) is 0 Å². The van der Waals surface area contributed by atoms with E-state index in [1.807, 2.05) is 0 Å². The van der Waals surface area contributed by atoms with Gasteiger partial charge in [-0.1, -0.05) is 0 Å². The summed E-state index contributed by atoms with van der Waals surface area (Å²) in [5.41, 5.74) is -0.0660. The number of fused-ring (bicyclic) bond motifs is 3. The smallest absolute Gasteiger partial charge is 0.311 e. The van der Waals surface area contributed by atoms with Crippen LogP contribution in [-0.2, 0) is 36.7 Å². The fraction of sp³-hybridized carbons (Fsp3) is 0.818. The average molecular weight is 322 g/mol. The fourth-order valence-corrected chi connectivity index (χ4v) is 2.77. The number of esters is 1. The van der Waals surface area contributed by atoms with Crippen molar-refractivity contribution in [3.63, 3.8) is 0 Å². The van der Waals surface area contributed by atoms with Crippen LogP contribution in [0.3, 0.4) is 0 Å². The zero-order chi connectivity index (χ0) is 11.3. The maximum absolute atomic E-state index is 11.5. The molecule has 0 unspecified atom stereocenters. The standard InChI is InChI=1S/C10H16O2.CH2O2.Ag/c1-12-9(11)10-5-2-8(3-6-10)4-7-10;2-1-3;/h8H,2-7H2,1H3;1H,(H,2,3);. The summed E-state index contributed by atoms with van der Waals surface area (Å²) < 4.78 is 4.87. The molecule has 0 aliphatic heterocycles. The van der Waals surface area contributed by atoms with Crippen LogP contribution in [0.25, 0.3) is 0 Å². The van der Waals surface area contributed by atoms with Crippen LogP contribution in [0.5, 0.6) is 0 Å². The van der Waals surface area contributed by atoms with Gasteiger partial charge in [0.15, 0.2) is 0 Å². The second kappa shape index (κ2) is 7.09. The molecule has 0 spiro atoms. The van der Waals surface area contributed by atoms with Crippen LogP contribution in [-0.4, -0.2) is 24.7 Å². The molecule has 1 radical (unpaired) electrons. The molecule has 0 atom stereocenters. The van der Waals surface area contributed by atoms with E-state index in [0.717, 1.165) is 25.2 Å². The van der Waals surface area contributed by atoms with Crippen LogP contribution in [0.1, 0.15) is 38.5 Å². The Morgan fingerprint density at radius 1 is 1.31 bits per heavy atom. The summed E-state index contributed by atoms with van der Waals surface area (Å²) in [6, 6.07) is 0. The molecule has 4 nitrogen and oxygen atoms in total. The second-order valence-electron chi connectivity index (χ2n) is 4.36. The molecule has 0 aromatic heterocycles. The molecule has 97 valence electrons. The first kappa shape index (κ1) is 15.7. The SMILES string of the molecule is COC(=O)C12CCC(CC1)CC2.O=CO.[Ag]. The molecular weight excluding hydrogens is 304 g/mol. The largest absolute Gasteiger partial charge is 0.483 e. The Bertz CT molecular complexity index is 220. The number of hydrogen-bond acceptors (Lipinski definition) is 3. The summed E-state index contributed by atoms with van der Waals surface area (Å²) in [5.74, 6) is 0.956. The first-order chi connectivity index (χ1) is 7.18. The van der Waals surface area contributed by atoms with Gasteiger partial charge in [0.2, 0.25) is 0 Å². The summed E-state index contributed by atoms with van der Waals surface area (Å²) in [7, 11) is 1.51. The molecule has 3 rings (SSSR count). The van der Waals surface area contributed by atoms with E-state index in [-0.39, 0.29) is 40.2 Å². The minimum Gasteiger partial charge on any atom is -0.483 e. The number of carbonyl (C=O) groups is 2. The van der Waals surface area contributed by atoms with Gasteiger partial charge in [0.05, 0.1) is 12.5 Å². The van der Waals surface area contributed by atoms with E-state index < -0.39 is 0 Å². The monoisotopic (exact) mass is 321 g/mol. The van der Waals surface area contributed by atoms with E-state index in [1.165, 1.54) is 26.4 Å². The van der Waals surface area contributed by atoms with Gasteiger partial charge < -0.3 is 9.84 Å². The second-order valence-corrected chi connectivity index (χ2v) is 4.36. The van der Waals surface area contributed by atoms with Crippen molar-refractivity contribution < 1.29 is 41.8 Å². The molecule has 3 saturated carbocycles. The third-order valence-corrected chi connectivity index (χ3v) is 3.71. The van der Waals surface area contributed by atoms with Crippen LogP contribution >= 0.6 is 0 Å². The van der Waals surface area contributed by atoms with E-state index in [1.54, 1.807) is 0 Å². The number of methoxy groups -OCH3 is 1. The molecule has 2 bridgehead atoms. The first-order valence-electron chi connectivity index (χ1n) is 5.35. The number of ether oxygens (including phenoxy) is 1. The van der Waals surface area contributed by atoms with E-state index in [0.29, 0.717) is 0 Å². The summed E-state index contributed by atoms with van der Waals surface area (Å²) in [4.78, 5) is 19.9. The summed E-state index contributed by atoms with van der Waals surface area (Å²) in [6.07, 6.45) is 6.96. The molecule has 0 heterocycles. The van der Waals surface area contributed by atoms with Gasteiger partial charge in [-0.05, 0) is 44.4 Å². The molecule has 16 heavy (non-hydrogen) atoms. The summed E-state index contributed by atoms with van der Waals surface area (Å²) >= 11 is 0. The molecule has 3 fully saturated rings. The average Bonchev–Trinajstić information content (AvgIpc) is 2.31. The van der Waals surface area contributed by atoms with Gasteiger partial charge >= 0.3 is 5.97 Å². The minimum absolute atomic E-state index is 0. The van der Waals surface area contributed by atoms with Crippen molar-refractivity contribution in [1.29, 1.82) is 0 Å². The molecule has 5 heteroatoms.